The van der Waals surface area contributed by atoms with Crippen LogP contribution in [-0.2, 0) is 14.3 Å². The van der Waals surface area contributed by atoms with Gasteiger partial charge in [0.1, 0.15) is 12.1 Å². The Labute approximate surface area is 149 Å². The van der Waals surface area contributed by atoms with Crippen LogP contribution in [0.3, 0.4) is 0 Å². The van der Waals surface area contributed by atoms with Crippen molar-refractivity contribution in [3.63, 3.8) is 0 Å². The number of amides is 2. The molecular weight excluding hydrogens is 349 g/mol. The van der Waals surface area contributed by atoms with Crippen LogP contribution in [0.15, 0.2) is 30.3 Å². The molecule has 2 heterocycles. The lowest BCUT2D eigenvalue weighted by Crippen LogP contribution is -2.56. The average Bonchev–Trinajstić information content (AvgIpc) is 3.10. The third-order valence-corrected chi connectivity index (χ3v) is 4.93. The van der Waals surface area contributed by atoms with Crippen LogP contribution in [0.1, 0.15) is 31.4 Å². The van der Waals surface area contributed by atoms with Gasteiger partial charge in [0.05, 0.1) is 19.2 Å². The largest absolute Gasteiger partial charge is 0.471 e. The molecule has 0 aliphatic carbocycles. The third-order valence-electron chi connectivity index (χ3n) is 4.93. The SMILES string of the molecule is CC1COC(c2ccccc2)CN1C(=O)C1CCCN1C(=O)C(F)(F)F. The number of carbonyl (C=O) groups excluding carboxylic acids is 2. The summed E-state index contributed by atoms with van der Waals surface area (Å²) in [6.07, 6.45) is -4.66. The van der Waals surface area contributed by atoms with Gasteiger partial charge >= 0.3 is 12.1 Å². The van der Waals surface area contributed by atoms with E-state index < -0.39 is 24.0 Å². The van der Waals surface area contributed by atoms with Crippen molar-refractivity contribution >= 4 is 11.8 Å². The van der Waals surface area contributed by atoms with Gasteiger partial charge < -0.3 is 14.5 Å². The highest BCUT2D eigenvalue weighted by Crippen LogP contribution is 2.30. The molecule has 1 aromatic carbocycles. The number of halogens is 3. The molecule has 0 bridgehead atoms. The minimum Gasteiger partial charge on any atom is -0.370 e. The van der Waals surface area contributed by atoms with E-state index in [2.05, 4.69) is 0 Å². The highest BCUT2D eigenvalue weighted by Gasteiger charge is 2.49. The van der Waals surface area contributed by atoms with Gasteiger partial charge in [0.2, 0.25) is 5.91 Å². The quantitative estimate of drug-likeness (QED) is 0.804. The summed E-state index contributed by atoms with van der Waals surface area (Å²) in [6, 6.07) is 8.06. The Kier molecular flexibility index (Phi) is 5.22. The fourth-order valence-corrected chi connectivity index (χ4v) is 3.55. The summed E-state index contributed by atoms with van der Waals surface area (Å²) >= 11 is 0. The molecule has 0 radical (unpaired) electrons. The number of hydrogen-bond acceptors (Lipinski definition) is 3. The number of hydrogen-bond donors (Lipinski definition) is 0. The first-order valence-electron chi connectivity index (χ1n) is 8.64. The third kappa shape index (κ3) is 3.70. The smallest absolute Gasteiger partial charge is 0.370 e. The van der Waals surface area contributed by atoms with Gasteiger partial charge in [-0.3, -0.25) is 9.59 Å². The minimum atomic E-state index is -4.97. The van der Waals surface area contributed by atoms with E-state index >= 15 is 0 Å². The summed E-state index contributed by atoms with van der Waals surface area (Å²) in [5.41, 5.74) is 0.909. The predicted molar refractivity (Wildman–Crippen MR) is 87.1 cm³/mol. The average molecular weight is 370 g/mol. The van der Waals surface area contributed by atoms with E-state index in [1.165, 1.54) is 0 Å². The van der Waals surface area contributed by atoms with Gasteiger partial charge in [-0.2, -0.15) is 13.2 Å². The molecule has 1 aromatic rings. The van der Waals surface area contributed by atoms with Crippen LogP contribution in [0.2, 0.25) is 0 Å². The number of likely N-dealkylation sites (tertiary alicyclic amines) is 1. The van der Waals surface area contributed by atoms with E-state index in [9.17, 15) is 22.8 Å². The number of alkyl halides is 3. The molecule has 3 atom stereocenters. The van der Waals surface area contributed by atoms with E-state index in [0.29, 0.717) is 17.9 Å². The molecule has 5 nitrogen and oxygen atoms in total. The number of carbonyl (C=O) groups is 2. The minimum absolute atomic E-state index is 0.0460. The van der Waals surface area contributed by atoms with Gasteiger partial charge in [-0.1, -0.05) is 30.3 Å². The maximum atomic E-state index is 12.9. The summed E-state index contributed by atoms with van der Waals surface area (Å²) < 4.78 is 44.2. The first-order chi connectivity index (χ1) is 12.3. The van der Waals surface area contributed by atoms with Crippen molar-refractivity contribution in [3.8, 4) is 0 Å². The molecule has 3 unspecified atom stereocenters. The highest BCUT2D eigenvalue weighted by molar-refractivity contribution is 5.90. The van der Waals surface area contributed by atoms with Crippen molar-refractivity contribution in [3.05, 3.63) is 35.9 Å². The van der Waals surface area contributed by atoms with Gasteiger partial charge in [-0.15, -0.1) is 0 Å². The Morgan fingerprint density at radius 2 is 1.85 bits per heavy atom. The second-order valence-corrected chi connectivity index (χ2v) is 6.73. The van der Waals surface area contributed by atoms with Crippen LogP contribution < -0.4 is 0 Å². The molecule has 2 saturated heterocycles. The van der Waals surface area contributed by atoms with Crippen molar-refractivity contribution in [2.24, 2.45) is 0 Å². The molecule has 2 amide bonds. The van der Waals surface area contributed by atoms with Gasteiger partial charge in [-0.05, 0) is 25.3 Å². The topological polar surface area (TPSA) is 49.9 Å². The first kappa shape index (κ1) is 18.7. The predicted octanol–water partition coefficient (Wildman–Crippen LogP) is 2.53. The van der Waals surface area contributed by atoms with Crippen LogP contribution in [-0.4, -0.2) is 59.6 Å². The highest BCUT2D eigenvalue weighted by atomic mass is 19.4. The van der Waals surface area contributed by atoms with Crippen molar-refractivity contribution < 1.29 is 27.5 Å². The lowest BCUT2D eigenvalue weighted by atomic mass is 10.0. The summed E-state index contributed by atoms with van der Waals surface area (Å²) in [7, 11) is 0. The number of rotatable bonds is 2. The van der Waals surface area contributed by atoms with Gasteiger partial charge in [0, 0.05) is 6.54 Å². The summed E-state index contributed by atoms with van der Waals surface area (Å²) in [4.78, 5) is 26.8. The lowest BCUT2D eigenvalue weighted by Gasteiger charge is -2.40. The Balaban J connectivity index is 1.76. The molecule has 0 N–H and O–H groups in total. The Morgan fingerprint density at radius 3 is 2.50 bits per heavy atom. The maximum absolute atomic E-state index is 12.9. The van der Waals surface area contributed by atoms with Crippen molar-refractivity contribution in [1.29, 1.82) is 0 Å². The molecule has 8 heteroatoms. The zero-order valence-electron chi connectivity index (χ0n) is 14.4. The van der Waals surface area contributed by atoms with Crippen molar-refractivity contribution in [1.82, 2.24) is 9.80 Å². The summed E-state index contributed by atoms with van der Waals surface area (Å²) in [6.45, 7) is 2.30. The first-order valence-corrected chi connectivity index (χ1v) is 8.64. The van der Waals surface area contributed by atoms with E-state index in [-0.39, 0.29) is 31.7 Å². The van der Waals surface area contributed by atoms with E-state index in [1.54, 1.807) is 11.8 Å². The standard InChI is InChI=1S/C18H21F3N2O3/c1-12-11-26-15(13-6-3-2-4-7-13)10-23(12)16(24)14-8-5-9-22(14)17(25)18(19,20)21/h2-4,6-7,12,14-15H,5,8-11H2,1H3. The Hall–Kier alpha value is -2.09. The molecule has 2 aliphatic rings. The summed E-state index contributed by atoms with van der Waals surface area (Å²) in [5, 5.41) is 0. The van der Waals surface area contributed by atoms with Gasteiger partial charge in [0.15, 0.2) is 0 Å². The molecular formula is C18H21F3N2O3. The fraction of sp³-hybridized carbons (Fsp3) is 0.556. The molecule has 2 aliphatic heterocycles. The Bertz CT molecular complexity index is 665. The monoisotopic (exact) mass is 370 g/mol. The number of nitrogens with zero attached hydrogens (tertiary/aromatic N) is 2. The fourth-order valence-electron chi connectivity index (χ4n) is 3.55. The molecule has 142 valence electrons. The second-order valence-electron chi connectivity index (χ2n) is 6.73. The van der Waals surface area contributed by atoms with Crippen LogP contribution in [0.5, 0.6) is 0 Å². The molecule has 3 rings (SSSR count). The maximum Gasteiger partial charge on any atom is 0.471 e. The van der Waals surface area contributed by atoms with Crippen molar-refractivity contribution in [2.75, 3.05) is 19.7 Å². The lowest BCUT2D eigenvalue weighted by molar-refractivity contribution is -0.188. The molecule has 26 heavy (non-hydrogen) atoms. The summed E-state index contributed by atoms with van der Waals surface area (Å²) in [5.74, 6) is -2.37. The molecule has 0 saturated carbocycles. The normalized spacial score (nSPS) is 26.8. The zero-order chi connectivity index (χ0) is 18.9. The number of ether oxygens (including phenoxy) is 1. The number of benzene rings is 1. The Morgan fingerprint density at radius 1 is 1.15 bits per heavy atom. The van der Waals surface area contributed by atoms with Crippen LogP contribution in [0.25, 0.3) is 0 Å². The van der Waals surface area contributed by atoms with Crippen LogP contribution >= 0.6 is 0 Å². The second kappa shape index (κ2) is 7.26. The van der Waals surface area contributed by atoms with Gasteiger partial charge in [0.25, 0.3) is 0 Å². The zero-order valence-corrected chi connectivity index (χ0v) is 14.4. The molecule has 2 fully saturated rings. The van der Waals surface area contributed by atoms with Gasteiger partial charge in [-0.25, -0.2) is 0 Å². The van der Waals surface area contributed by atoms with Crippen LogP contribution in [0, 0.1) is 0 Å². The van der Waals surface area contributed by atoms with E-state index in [0.717, 1.165) is 5.56 Å². The van der Waals surface area contributed by atoms with E-state index in [1.807, 2.05) is 30.3 Å². The van der Waals surface area contributed by atoms with Crippen LogP contribution in [0.4, 0.5) is 13.2 Å². The molecule has 0 spiro atoms. The molecule has 0 aromatic heterocycles. The van der Waals surface area contributed by atoms with E-state index in [4.69, 9.17) is 4.74 Å². The van der Waals surface area contributed by atoms with Crippen molar-refractivity contribution in [2.45, 2.75) is 44.1 Å². The number of morpholine rings is 1.